The van der Waals surface area contributed by atoms with E-state index in [0.29, 0.717) is 38.5 Å². The van der Waals surface area contributed by atoms with Gasteiger partial charge < -0.3 is 29.9 Å². The Bertz CT molecular complexity index is 523. The van der Waals surface area contributed by atoms with Crippen LogP contribution in [0.15, 0.2) is 12.2 Å². The number of carboxylic acids is 2. The molecule has 0 saturated heterocycles. The van der Waals surface area contributed by atoms with Gasteiger partial charge in [0.05, 0.1) is 11.8 Å². The zero-order chi connectivity index (χ0) is 19.7. The molecule has 2 atom stereocenters. The minimum atomic E-state index is -1.28. The lowest BCUT2D eigenvalue weighted by molar-refractivity contribution is -0.152. The molecule has 26 heavy (non-hydrogen) atoms. The van der Waals surface area contributed by atoms with Crippen LogP contribution in [0.5, 0.6) is 0 Å². The summed E-state index contributed by atoms with van der Waals surface area (Å²) in [4.78, 5) is 41.5. The predicted molar refractivity (Wildman–Crippen MR) is 84.9 cm³/mol. The van der Waals surface area contributed by atoms with Gasteiger partial charge in [0.15, 0.2) is 0 Å². The molecule has 2 rings (SSSR count). The van der Waals surface area contributed by atoms with Crippen LogP contribution in [-0.4, -0.2) is 56.9 Å². The first-order chi connectivity index (χ1) is 12.2. The van der Waals surface area contributed by atoms with Crippen LogP contribution >= 0.6 is 0 Å². The molecule has 2 aliphatic carbocycles. The van der Waals surface area contributed by atoms with Crippen molar-refractivity contribution in [1.82, 2.24) is 0 Å². The van der Waals surface area contributed by atoms with Crippen molar-refractivity contribution in [2.24, 2.45) is 11.8 Å². The summed E-state index contributed by atoms with van der Waals surface area (Å²) in [6, 6.07) is 0. The number of ether oxygens (including phenoxy) is 2. The number of carbonyl (C=O) groups is 4. The van der Waals surface area contributed by atoms with E-state index < -0.39 is 36.1 Å². The van der Waals surface area contributed by atoms with Gasteiger partial charge in [0.2, 0.25) is 0 Å². The summed E-state index contributed by atoms with van der Waals surface area (Å²) in [5, 5.41) is 34.0. The van der Waals surface area contributed by atoms with Gasteiger partial charge in [0.1, 0.15) is 12.2 Å². The fourth-order valence-corrected chi connectivity index (χ4v) is 2.92. The maximum Gasteiger partial charge on any atom is 0.506 e. The molecule has 1 fully saturated rings. The minimum absolute atomic E-state index is 0.318. The topological polar surface area (TPSA) is 168 Å². The SMILES string of the molecule is O=C(O)C1C=CCCC1C(=O)O.O=C(O)OC1CCC(OC(=O)O)CC1. The van der Waals surface area contributed by atoms with Crippen molar-refractivity contribution in [2.75, 3.05) is 0 Å². The summed E-state index contributed by atoms with van der Waals surface area (Å²) in [5.41, 5.74) is 0. The maximum absolute atomic E-state index is 10.6. The lowest BCUT2D eigenvalue weighted by Gasteiger charge is -2.26. The number of hydrogen-bond acceptors (Lipinski definition) is 6. The van der Waals surface area contributed by atoms with Crippen molar-refractivity contribution in [1.29, 1.82) is 0 Å². The Labute approximate surface area is 149 Å². The molecule has 0 aromatic carbocycles. The van der Waals surface area contributed by atoms with Crippen LogP contribution in [0, 0.1) is 11.8 Å². The van der Waals surface area contributed by atoms with E-state index in [4.69, 9.17) is 20.4 Å². The molecule has 10 nitrogen and oxygen atoms in total. The van der Waals surface area contributed by atoms with Crippen LogP contribution in [0.2, 0.25) is 0 Å². The highest BCUT2D eigenvalue weighted by Crippen LogP contribution is 2.25. The molecule has 1 saturated carbocycles. The third-order valence-electron chi connectivity index (χ3n) is 4.18. The molecule has 0 bridgehead atoms. The zero-order valence-corrected chi connectivity index (χ0v) is 13.9. The summed E-state index contributed by atoms with van der Waals surface area (Å²) in [6.45, 7) is 0. The van der Waals surface area contributed by atoms with Crippen molar-refractivity contribution >= 4 is 24.2 Å². The Morgan fingerprint density at radius 1 is 0.731 bits per heavy atom. The van der Waals surface area contributed by atoms with Crippen LogP contribution in [-0.2, 0) is 19.1 Å². The van der Waals surface area contributed by atoms with Gasteiger partial charge in [-0.2, -0.15) is 0 Å². The zero-order valence-electron chi connectivity index (χ0n) is 13.9. The van der Waals surface area contributed by atoms with Crippen LogP contribution in [0.4, 0.5) is 9.59 Å². The third kappa shape index (κ3) is 7.41. The first-order valence-electron chi connectivity index (χ1n) is 8.12. The molecule has 0 amide bonds. The molecule has 0 spiro atoms. The van der Waals surface area contributed by atoms with Crippen LogP contribution < -0.4 is 0 Å². The molecule has 4 N–H and O–H groups in total. The summed E-state index contributed by atoms with van der Waals surface area (Å²) in [6.07, 6.45) is 3.12. The van der Waals surface area contributed by atoms with E-state index in [1.165, 1.54) is 6.08 Å². The number of rotatable bonds is 4. The third-order valence-corrected chi connectivity index (χ3v) is 4.18. The molecule has 0 aliphatic heterocycles. The molecule has 0 aromatic heterocycles. The molecular formula is C16H22O10. The maximum atomic E-state index is 10.6. The predicted octanol–water partition coefficient (Wildman–Crippen LogP) is 2.42. The second kappa shape index (κ2) is 10.3. The summed E-state index contributed by atoms with van der Waals surface area (Å²) < 4.78 is 9.12. The van der Waals surface area contributed by atoms with Crippen LogP contribution in [0.25, 0.3) is 0 Å². The average Bonchev–Trinajstić information content (AvgIpc) is 2.56. The molecule has 146 valence electrons. The molecule has 0 heterocycles. The molecule has 0 aromatic rings. The van der Waals surface area contributed by atoms with Gasteiger partial charge >= 0.3 is 24.2 Å². The number of hydrogen-bond donors (Lipinski definition) is 4. The monoisotopic (exact) mass is 374 g/mol. The van der Waals surface area contributed by atoms with Crippen molar-refractivity contribution < 1.29 is 49.1 Å². The number of carboxylic acid groups (broad SMARTS) is 4. The first-order valence-corrected chi connectivity index (χ1v) is 8.12. The van der Waals surface area contributed by atoms with E-state index in [0.717, 1.165) is 0 Å². The van der Waals surface area contributed by atoms with Crippen molar-refractivity contribution in [3.63, 3.8) is 0 Å². The van der Waals surface area contributed by atoms with E-state index in [1.807, 2.05) is 0 Å². The van der Waals surface area contributed by atoms with Crippen molar-refractivity contribution in [2.45, 2.75) is 50.7 Å². The van der Waals surface area contributed by atoms with Gasteiger partial charge in [-0.1, -0.05) is 12.2 Å². The van der Waals surface area contributed by atoms with Gasteiger partial charge in [0, 0.05) is 0 Å². The number of aliphatic carboxylic acids is 2. The van der Waals surface area contributed by atoms with E-state index >= 15 is 0 Å². The Hall–Kier alpha value is -2.78. The van der Waals surface area contributed by atoms with Crippen LogP contribution in [0.3, 0.4) is 0 Å². The standard InChI is InChI=1S/C8H12O6.C8H10O4/c9-7(10)13-5-1-2-6(4-3-5)14-8(11)12;9-7(10)5-3-1-2-4-6(5)8(11)12/h5-6H,1-4H2,(H,9,10)(H,11,12);1,3,5-6H,2,4H2,(H,9,10)(H,11,12). The van der Waals surface area contributed by atoms with E-state index in [9.17, 15) is 19.2 Å². The molecule has 10 heteroatoms. The lowest BCUT2D eigenvalue weighted by atomic mass is 9.84. The minimum Gasteiger partial charge on any atom is -0.481 e. The van der Waals surface area contributed by atoms with Gasteiger partial charge in [-0.15, -0.1) is 0 Å². The largest absolute Gasteiger partial charge is 0.506 e. The Morgan fingerprint density at radius 2 is 1.19 bits per heavy atom. The molecule has 2 unspecified atom stereocenters. The summed E-state index contributed by atoms with van der Waals surface area (Å²) in [7, 11) is 0. The van der Waals surface area contributed by atoms with Crippen molar-refractivity contribution in [3.8, 4) is 0 Å². The Balaban J connectivity index is 0.000000263. The average molecular weight is 374 g/mol. The fourth-order valence-electron chi connectivity index (χ4n) is 2.92. The van der Waals surface area contributed by atoms with E-state index in [2.05, 4.69) is 9.47 Å². The van der Waals surface area contributed by atoms with E-state index in [-0.39, 0.29) is 12.2 Å². The normalized spacial score (nSPS) is 27.4. The second-order valence-electron chi connectivity index (χ2n) is 5.98. The Morgan fingerprint density at radius 3 is 1.50 bits per heavy atom. The summed E-state index contributed by atoms with van der Waals surface area (Å²) >= 11 is 0. The smallest absolute Gasteiger partial charge is 0.481 e. The Kier molecular flexibility index (Phi) is 8.40. The highest BCUT2D eigenvalue weighted by atomic mass is 16.7. The van der Waals surface area contributed by atoms with Gasteiger partial charge in [0.25, 0.3) is 0 Å². The fraction of sp³-hybridized carbons (Fsp3) is 0.625. The number of allylic oxidation sites excluding steroid dienone is 1. The highest BCUT2D eigenvalue weighted by Gasteiger charge is 2.32. The van der Waals surface area contributed by atoms with Crippen molar-refractivity contribution in [3.05, 3.63) is 12.2 Å². The van der Waals surface area contributed by atoms with E-state index in [1.54, 1.807) is 6.08 Å². The van der Waals surface area contributed by atoms with Gasteiger partial charge in [-0.05, 0) is 38.5 Å². The first kappa shape index (κ1) is 21.3. The van der Waals surface area contributed by atoms with Gasteiger partial charge in [-0.3, -0.25) is 9.59 Å². The summed E-state index contributed by atoms with van der Waals surface area (Å²) in [5.74, 6) is -3.69. The van der Waals surface area contributed by atoms with Gasteiger partial charge in [-0.25, -0.2) is 9.59 Å². The second-order valence-corrected chi connectivity index (χ2v) is 5.98. The molecule has 0 radical (unpaired) electrons. The van der Waals surface area contributed by atoms with Crippen LogP contribution in [0.1, 0.15) is 38.5 Å². The highest BCUT2D eigenvalue weighted by molar-refractivity contribution is 5.81. The molecular weight excluding hydrogens is 352 g/mol. The lowest BCUT2D eigenvalue weighted by Crippen LogP contribution is -2.30. The molecule has 2 aliphatic rings. The quantitative estimate of drug-likeness (QED) is 0.423.